The van der Waals surface area contributed by atoms with Crippen LogP contribution in [0.15, 0.2) is 29.3 Å². The van der Waals surface area contributed by atoms with E-state index in [1.807, 2.05) is 18.7 Å². The van der Waals surface area contributed by atoms with E-state index >= 15 is 0 Å². The number of carbonyl (C=O) groups is 1. The minimum atomic E-state index is -0.315. The first kappa shape index (κ1) is 19.0. The van der Waals surface area contributed by atoms with Crippen molar-refractivity contribution in [1.29, 1.82) is 0 Å². The monoisotopic (exact) mass is 350 g/mol. The van der Waals surface area contributed by atoms with E-state index in [4.69, 9.17) is 4.74 Å². The van der Waals surface area contributed by atoms with Gasteiger partial charge in [-0.15, -0.1) is 0 Å². The molecule has 1 N–H and O–H groups in total. The zero-order chi connectivity index (χ0) is 18.2. The summed E-state index contributed by atoms with van der Waals surface area (Å²) in [7, 11) is 0. The van der Waals surface area contributed by atoms with E-state index in [2.05, 4.69) is 15.2 Å². The standard InChI is InChI=1S/C18H27FN4O2/c1-4-20-18(23-10-8-22(9-11-23)15(3)24)21-13-14(2)25-17-7-5-6-16(19)12-17/h5-7,12,14H,4,8-11,13H2,1-3H3,(H,20,21). The molecule has 1 unspecified atom stereocenters. The second-order valence-electron chi connectivity index (χ2n) is 6.07. The fourth-order valence-corrected chi connectivity index (χ4v) is 2.68. The topological polar surface area (TPSA) is 57.2 Å². The second kappa shape index (κ2) is 9.25. The first-order valence-electron chi connectivity index (χ1n) is 8.70. The van der Waals surface area contributed by atoms with Crippen LogP contribution in [-0.2, 0) is 4.79 Å². The maximum absolute atomic E-state index is 13.2. The number of amides is 1. The van der Waals surface area contributed by atoms with Gasteiger partial charge in [0.1, 0.15) is 17.7 Å². The van der Waals surface area contributed by atoms with E-state index in [-0.39, 0.29) is 17.8 Å². The average molecular weight is 350 g/mol. The predicted molar refractivity (Wildman–Crippen MR) is 96.3 cm³/mol. The number of hydrogen-bond donors (Lipinski definition) is 1. The molecule has 1 aromatic carbocycles. The highest BCUT2D eigenvalue weighted by atomic mass is 19.1. The van der Waals surface area contributed by atoms with Gasteiger partial charge in [0, 0.05) is 45.7 Å². The van der Waals surface area contributed by atoms with Gasteiger partial charge < -0.3 is 19.9 Å². The third kappa shape index (κ3) is 5.92. The van der Waals surface area contributed by atoms with E-state index in [1.54, 1.807) is 19.1 Å². The van der Waals surface area contributed by atoms with Gasteiger partial charge >= 0.3 is 0 Å². The fourth-order valence-electron chi connectivity index (χ4n) is 2.68. The molecule has 6 nitrogen and oxygen atoms in total. The molecule has 2 rings (SSSR count). The third-order valence-corrected chi connectivity index (χ3v) is 3.99. The summed E-state index contributed by atoms with van der Waals surface area (Å²) in [6.07, 6.45) is -0.172. The molecule has 1 aliphatic rings. The summed E-state index contributed by atoms with van der Waals surface area (Å²) in [6.45, 7) is 9.68. The highest BCUT2D eigenvalue weighted by Crippen LogP contribution is 2.14. The smallest absolute Gasteiger partial charge is 0.219 e. The van der Waals surface area contributed by atoms with E-state index in [0.717, 1.165) is 25.6 Å². The van der Waals surface area contributed by atoms with Gasteiger partial charge in [-0.05, 0) is 26.0 Å². The third-order valence-electron chi connectivity index (χ3n) is 3.99. The lowest BCUT2D eigenvalue weighted by molar-refractivity contribution is -0.130. The Morgan fingerprint density at radius 1 is 1.32 bits per heavy atom. The van der Waals surface area contributed by atoms with Crippen molar-refractivity contribution in [3.8, 4) is 5.75 Å². The molecule has 1 amide bonds. The summed E-state index contributed by atoms with van der Waals surface area (Å²) in [5.41, 5.74) is 0. The fraction of sp³-hybridized carbons (Fsp3) is 0.556. The largest absolute Gasteiger partial charge is 0.489 e. The molecule has 1 fully saturated rings. The van der Waals surface area contributed by atoms with Crippen LogP contribution in [-0.4, -0.2) is 67.0 Å². The van der Waals surface area contributed by atoms with Crippen molar-refractivity contribution in [3.05, 3.63) is 30.1 Å². The van der Waals surface area contributed by atoms with E-state index in [0.29, 0.717) is 25.4 Å². The number of benzene rings is 1. The summed E-state index contributed by atoms with van der Waals surface area (Å²) < 4.78 is 18.9. The maximum atomic E-state index is 13.2. The van der Waals surface area contributed by atoms with Crippen molar-refractivity contribution in [2.45, 2.75) is 26.9 Å². The van der Waals surface area contributed by atoms with Gasteiger partial charge in [-0.25, -0.2) is 9.38 Å². The Kier molecular flexibility index (Phi) is 7.03. The van der Waals surface area contributed by atoms with Gasteiger partial charge in [0.25, 0.3) is 0 Å². The highest BCUT2D eigenvalue weighted by Gasteiger charge is 2.21. The molecular weight excluding hydrogens is 323 g/mol. The zero-order valence-electron chi connectivity index (χ0n) is 15.2. The van der Waals surface area contributed by atoms with Gasteiger partial charge in [-0.2, -0.15) is 0 Å². The number of ether oxygens (including phenoxy) is 1. The van der Waals surface area contributed by atoms with Gasteiger partial charge in [-0.3, -0.25) is 4.79 Å². The molecule has 25 heavy (non-hydrogen) atoms. The van der Waals surface area contributed by atoms with E-state index in [1.165, 1.54) is 12.1 Å². The number of nitrogens with zero attached hydrogens (tertiary/aromatic N) is 3. The zero-order valence-corrected chi connectivity index (χ0v) is 15.2. The molecule has 0 bridgehead atoms. The molecule has 0 aliphatic carbocycles. The molecular formula is C18H27FN4O2. The molecule has 1 aliphatic heterocycles. The summed E-state index contributed by atoms with van der Waals surface area (Å²) in [5.74, 6) is 1.12. The van der Waals surface area contributed by atoms with Crippen LogP contribution in [0.3, 0.4) is 0 Å². The number of carbonyl (C=O) groups excluding carboxylic acids is 1. The predicted octanol–water partition coefficient (Wildman–Crippen LogP) is 1.72. The van der Waals surface area contributed by atoms with Crippen LogP contribution < -0.4 is 10.1 Å². The lowest BCUT2D eigenvalue weighted by Gasteiger charge is -2.36. The van der Waals surface area contributed by atoms with Crippen LogP contribution in [0.25, 0.3) is 0 Å². The van der Waals surface area contributed by atoms with Crippen molar-refractivity contribution in [1.82, 2.24) is 15.1 Å². The van der Waals surface area contributed by atoms with Gasteiger partial charge in [0.05, 0.1) is 6.54 Å². The van der Waals surface area contributed by atoms with Crippen molar-refractivity contribution in [3.63, 3.8) is 0 Å². The Bertz CT molecular complexity index is 600. The van der Waals surface area contributed by atoms with Gasteiger partial charge in [0.15, 0.2) is 5.96 Å². The molecule has 7 heteroatoms. The number of hydrogen-bond acceptors (Lipinski definition) is 3. The number of rotatable bonds is 5. The normalized spacial score (nSPS) is 16.6. The molecule has 0 aromatic heterocycles. The number of nitrogens with one attached hydrogen (secondary N) is 1. The second-order valence-corrected chi connectivity index (χ2v) is 6.07. The van der Waals surface area contributed by atoms with Crippen LogP contribution in [0.1, 0.15) is 20.8 Å². The molecule has 0 saturated carbocycles. The molecule has 1 atom stereocenters. The maximum Gasteiger partial charge on any atom is 0.219 e. The summed E-state index contributed by atoms with van der Waals surface area (Å²) in [6, 6.07) is 6.11. The SMILES string of the molecule is CCNC(=NCC(C)Oc1cccc(F)c1)N1CCN(C(C)=O)CC1. The summed E-state index contributed by atoms with van der Waals surface area (Å²) in [5, 5.41) is 3.28. The number of piperazine rings is 1. The molecule has 1 heterocycles. The summed E-state index contributed by atoms with van der Waals surface area (Å²) >= 11 is 0. The van der Waals surface area contributed by atoms with Crippen LogP contribution >= 0.6 is 0 Å². The summed E-state index contributed by atoms with van der Waals surface area (Å²) in [4.78, 5) is 20.1. The molecule has 1 saturated heterocycles. The Labute approximate surface area is 148 Å². The van der Waals surface area contributed by atoms with Crippen molar-refractivity contribution >= 4 is 11.9 Å². The minimum absolute atomic E-state index is 0.110. The molecule has 1 aromatic rings. The first-order valence-corrected chi connectivity index (χ1v) is 8.70. The number of guanidine groups is 1. The average Bonchev–Trinajstić information content (AvgIpc) is 2.58. The molecule has 138 valence electrons. The van der Waals surface area contributed by atoms with Gasteiger partial charge in [-0.1, -0.05) is 6.07 Å². The lowest BCUT2D eigenvalue weighted by Crippen LogP contribution is -2.53. The van der Waals surface area contributed by atoms with Crippen LogP contribution in [0.2, 0.25) is 0 Å². The number of aliphatic imine (C=N–C) groups is 1. The van der Waals surface area contributed by atoms with Crippen LogP contribution in [0.5, 0.6) is 5.75 Å². The van der Waals surface area contributed by atoms with Gasteiger partial charge in [0.2, 0.25) is 5.91 Å². The number of halogens is 1. The Hall–Kier alpha value is -2.31. The quantitative estimate of drug-likeness (QED) is 0.649. The Morgan fingerprint density at radius 2 is 2.00 bits per heavy atom. The van der Waals surface area contributed by atoms with Crippen molar-refractivity contribution < 1.29 is 13.9 Å². The van der Waals surface area contributed by atoms with Crippen LogP contribution in [0, 0.1) is 5.82 Å². The Balaban J connectivity index is 1.91. The minimum Gasteiger partial charge on any atom is -0.489 e. The van der Waals surface area contributed by atoms with E-state index in [9.17, 15) is 9.18 Å². The lowest BCUT2D eigenvalue weighted by atomic mass is 10.3. The van der Waals surface area contributed by atoms with Crippen LogP contribution in [0.4, 0.5) is 4.39 Å². The Morgan fingerprint density at radius 3 is 2.60 bits per heavy atom. The van der Waals surface area contributed by atoms with E-state index < -0.39 is 0 Å². The van der Waals surface area contributed by atoms with Crippen molar-refractivity contribution in [2.24, 2.45) is 4.99 Å². The molecule has 0 radical (unpaired) electrons. The highest BCUT2D eigenvalue weighted by molar-refractivity contribution is 5.80. The van der Waals surface area contributed by atoms with Crippen molar-refractivity contribution in [2.75, 3.05) is 39.3 Å². The molecule has 0 spiro atoms. The first-order chi connectivity index (χ1) is 12.0.